The molecule has 0 fully saturated rings. The summed E-state index contributed by atoms with van der Waals surface area (Å²) in [4.78, 5) is 33.1. The first kappa shape index (κ1) is 16.4. The van der Waals surface area contributed by atoms with Crippen LogP contribution in [0.4, 0.5) is 0 Å². The van der Waals surface area contributed by atoms with Crippen molar-refractivity contribution < 1.29 is 9.53 Å². The molecule has 0 amide bonds. The lowest BCUT2D eigenvalue weighted by atomic mass is 10.2. The predicted octanol–water partition coefficient (Wildman–Crippen LogP) is 3.36. The minimum Gasteiger partial charge on any atom is -0.454 e. The smallest absolute Gasteiger partial charge is 0.357 e. The lowest BCUT2D eigenvalue weighted by Crippen LogP contribution is -2.16. The molecule has 3 heterocycles. The van der Waals surface area contributed by atoms with E-state index in [1.165, 1.54) is 10.5 Å². The van der Waals surface area contributed by atoms with Crippen LogP contribution in [-0.4, -0.2) is 20.3 Å². The molecule has 0 saturated carbocycles. The molecule has 4 aromatic rings. The van der Waals surface area contributed by atoms with Crippen molar-refractivity contribution in [2.75, 3.05) is 0 Å². The van der Waals surface area contributed by atoms with E-state index in [1.807, 2.05) is 30.3 Å². The van der Waals surface area contributed by atoms with E-state index in [9.17, 15) is 9.59 Å². The molecule has 0 aliphatic carbocycles. The average molecular weight is 410 g/mol. The van der Waals surface area contributed by atoms with Crippen molar-refractivity contribution in [1.29, 1.82) is 0 Å². The van der Waals surface area contributed by atoms with E-state index < -0.39 is 5.97 Å². The van der Waals surface area contributed by atoms with Crippen LogP contribution in [-0.2, 0) is 11.3 Å². The van der Waals surface area contributed by atoms with Gasteiger partial charge in [0.2, 0.25) is 0 Å². The monoisotopic (exact) mass is 409 g/mol. The maximum atomic E-state index is 12.3. The number of para-hydroxylation sites is 1. The Morgan fingerprint density at radius 1 is 1.08 bits per heavy atom. The number of fused-ring (bicyclic) bond motifs is 2. The molecule has 0 radical (unpaired) electrons. The molecule has 7 heteroatoms. The van der Waals surface area contributed by atoms with Crippen molar-refractivity contribution >= 4 is 38.4 Å². The van der Waals surface area contributed by atoms with Gasteiger partial charge in [0, 0.05) is 22.1 Å². The van der Waals surface area contributed by atoms with Crippen molar-refractivity contribution in [1.82, 2.24) is 14.4 Å². The van der Waals surface area contributed by atoms with Crippen LogP contribution in [0.3, 0.4) is 0 Å². The van der Waals surface area contributed by atoms with Gasteiger partial charge in [-0.25, -0.2) is 14.8 Å². The van der Waals surface area contributed by atoms with Gasteiger partial charge in [0.05, 0.1) is 11.2 Å². The topological polar surface area (TPSA) is 73.6 Å². The number of esters is 1. The average Bonchev–Trinajstić information content (AvgIpc) is 2.66. The lowest BCUT2D eigenvalue weighted by Gasteiger charge is -2.06. The number of halogens is 1. The highest BCUT2D eigenvalue weighted by atomic mass is 79.9. The fraction of sp³-hybridized carbons (Fsp3) is 0.0526. The predicted molar refractivity (Wildman–Crippen MR) is 100 cm³/mol. The molecule has 0 atom stereocenters. The highest BCUT2D eigenvalue weighted by molar-refractivity contribution is 9.10. The summed E-state index contributed by atoms with van der Waals surface area (Å²) in [5, 5.41) is 0.944. The third-order valence-corrected chi connectivity index (χ3v) is 4.30. The van der Waals surface area contributed by atoms with E-state index in [4.69, 9.17) is 4.74 Å². The number of carbonyl (C=O) groups excluding carboxylic acids is 1. The van der Waals surface area contributed by atoms with Crippen LogP contribution in [0.2, 0.25) is 0 Å². The van der Waals surface area contributed by atoms with Crippen LogP contribution >= 0.6 is 15.9 Å². The van der Waals surface area contributed by atoms with E-state index in [-0.39, 0.29) is 17.9 Å². The van der Waals surface area contributed by atoms with Gasteiger partial charge in [0.1, 0.15) is 17.9 Å². The van der Waals surface area contributed by atoms with Gasteiger partial charge < -0.3 is 4.74 Å². The maximum absolute atomic E-state index is 12.3. The van der Waals surface area contributed by atoms with E-state index in [0.717, 1.165) is 15.4 Å². The summed E-state index contributed by atoms with van der Waals surface area (Å²) in [5.74, 6) is -0.562. The zero-order valence-electron chi connectivity index (χ0n) is 13.4. The van der Waals surface area contributed by atoms with Crippen LogP contribution in [0, 0.1) is 0 Å². The quantitative estimate of drug-likeness (QED) is 0.485. The van der Waals surface area contributed by atoms with E-state index in [1.54, 1.807) is 24.4 Å². The second kappa shape index (κ2) is 6.68. The molecular formula is C19H12BrN3O3. The van der Waals surface area contributed by atoms with Crippen molar-refractivity contribution in [2.24, 2.45) is 0 Å². The standard InChI is InChI=1S/C19H12BrN3O3/c20-13-6-8-17-21-14(9-18(24)23(17)10-13)11-26-19(25)16-7-5-12-3-1-2-4-15(12)22-16/h1-10H,11H2. The zero-order valence-corrected chi connectivity index (χ0v) is 15.0. The number of hydrogen-bond donors (Lipinski definition) is 0. The molecular weight excluding hydrogens is 398 g/mol. The van der Waals surface area contributed by atoms with Crippen molar-refractivity contribution in [3.63, 3.8) is 0 Å². The van der Waals surface area contributed by atoms with Crippen LogP contribution < -0.4 is 5.56 Å². The molecule has 4 rings (SSSR count). The third kappa shape index (κ3) is 3.21. The Morgan fingerprint density at radius 3 is 2.81 bits per heavy atom. The molecule has 0 aliphatic heterocycles. The highest BCUT2D eigenvalue weighted by Gasteiger charge is 2.11. The molecule has 0 N–H and O–H groups in total. The van der Waals surface area contributed by atoms with Gasteiger partial charge >= 0.3 is 5.97 Å². The molecule has 0 saturated heterocycles. The maximum Gasteiger partial charge on any atom is 0.357 e. The van der Waals surface area contributed by atoms with Crippen LogP contribution in [0.5, 0.6) is 0 Å². The third-order valence-electron chi connectivity index (χ3n) is 3.84. The number of rotatable bonds is 3. The van der Waals surface area contributed by atoms with Crippen LogP contribution in [0.15, 0.2) is 70.1 Å². The Morgan fingerprint density at radius 2 is 1.92 bits per heavy atom. The SMILES string of the molecule is O=C(OCc1cc(=O)n2cc(Br)ccc2n1)c1ccc2ccccc2n1. The van der Waals surface area contributed by atoms with Crippen molar-refractivity contribution in [3.8, 4) is 0 Å². The number of nitrogens with zero attached hydrogens (tertiary/aromatic N) is 3. The van der Waals surface area contributed by atoms with Crippen molar-refractivity contribution in [2.45, 2.75) is 6.61 Å². The minimum absolute atomic E-state index is 0.102. The summed E-state index contributed by atoms with van der Waals surface area (Å²) in [6.07, 6.45) is 1.64. The Kier molecular flexibility index (Phi) is 4.22. The zero-order chi connectivity index (χ0) is 18.1. The van der Waals surface area contributed by atoms with Gasteiger partial charge in [0.15, 0.2) is 0 Å². The summed E-state index contributed by atoms with van der Waals surface area (Å²) in [7, 11) is 0. The summed E-state index contributed by atoms with van der Waals surface area (Å²) in [6, 6.07) is 15.8. The largest absolute Gasteiger partial charge is 0.454 e. The van der Waals surface area contributed by atoms with Gasteiger partial charge in [-0.2, -0.15) is 0 Å². The number of pyridine rings is 2. The molecule has 128 valence electrons. The fourth-order valence-corrected chi connectivity index (χ4v) is 2.93. The number of benzene rings is 1. The molecule has 0 spiro atoms. The minimum atomic E-state index is -0.562. The first-order chi connectivity index (χ1) is 12.6. The number of aromatic nitrogens is 3. The van der Waals surface area contributed by atoms with E-state index >= 15 is 0 Å². The summed E-state index contributed by atoms with van der Waals surface area (Å²) in [6.45, 7) is -0.102. The Labute approximate surface area is 156 Å². The molecule has 0 unspecified atom stereocenters. The van der Waals surface area contributed by atoms with Crippen LogP contribution in [0.25, 0.3) is 16.6 Å². The summed E-state index contributed by atoms with van der Waals surface area (Å²) in [5.41, 5.74) is 1.55. The van der Waals surface area contributed by atoms with Gasteiger partial charge in [-0.15, -0.1) is 0 Å². The second-order valence-electron chi connectivity index (χ2n) is 5.63. The first-order valence-electron chi connectivity index (χ1n) is 7.81. The second-order valence-corrected chi connectivity index (χ2v) is 6.54. The summed E-state index contributed by atoms with van der Waals surface area (Å²) < 4.78 is 7.46. The molecule has 3 aromatic heterocycles. The van der Waals surface area contributed by atoms with Crippen LogP contribution in [0.1, 0.15) is 16.2 Å². The molecule has 0 aliphatic rings. The Balaban J connectivity index is 1.56. The molecule has 0 bridgehead atoms. The normalized spacial score (nSPS) is 11.0. The lowest BCUT2D eigenvalue weighted by molar-refractivity contribution is 0.0461. The Bertz CT molecular complexity index is 1200. The number of ether oxygens (including phenoxy) is 1. The summed E-state index contributed by atoms with van der Waals surface area (Å²) >= 11 is 3.31. The molecule has 26 heavy (non-hydrogen) atoms. The van der Waals surface area contributed by atoms with E-state index in [2.05, 4.69) is 25.9 Å². The molecule has 6 nitrogen and oxygen atoms in total. The fourth-order valence-electron chi connectivity index (χ4n) is 2.59. The van der Waals surface area contributed by atoms with Gasteiger partial charge in [-0.3, -0.25) is 9.20 Å². The van der Waals surface area contributed by atoms with Crippen molar-refractivity contribution in [3.05, 3.63) is 87.0 Å². The number of hydrogen-bond acceptors (Lipinski definition) is 5. The molecule has 1 aromatic carbocycles. The van der Waals surface area contributed by atoms with Gasteiger partial charge in [-0.05, 0) is 40.2 Å². The Hall–Kier alpha value is -3.06. The van der Waals surface area contributed by atoms with Gasteiger partial charge in [0.25, 0.3) is 5.56 Å². The number of carbonyl (C=O) groups is 1. The van der Waals surface area contributed by atoms with E-state index in [0.29, 0.717) is 11.3 Å². The van der Waals surface area contributed by atoms with Gasteiger partial charge in [-0.1, -0.05) is 24.3 Å². The highest BCUT2D eigenvalue weighted by Crippen LogP contribution is 2.13. The first-order valence-corrected chi connectivity index (χ1v) is 8.60.